The third-order valence-electron chi connectivity index (χ3n) is 5.52. The molecule has 2 N–H and O–H groups in total. The Bertz CT molecular complexity index is 1240. The fraction of sp³-hybridized carbons (Fsp3) is 0.200. The zero-order valence-corrected chi connectivity index (χ0v) is 21.0. The number of hydrogen-bond acceptors (Lipinski definition) is 5. The van der Waals surface area contributed by atoms with E-state index in [9.17, 15) is 10.1 Å². The van der Waals surface area contributed by atoms with Gasteiger partial charge in [0, 0.05) is 20.1 Å². The molecule has 33 heavy (non-hydrogen) atoms. The van der Waals surface area contributed by atoms with E-state index >= 15 is 0 Å². The molecule has 0 saturated heterocycles. The van der Waals surface area contributed by atoms with E-state index in [2.05, 4.69) is 37.9 Å². The lowest BCUT2D eigenvalue weighted by molar-refractivity contribution is 0.109. The molecule has 0 spiro atoms. The predicted molar refractivity (Wildman–Crippen MR) is 133 cm³/mol. The lowest BCUT2D eigenvalue weighted by Gasteiger charge is -2.38. The van der Waals surface area contributed by atoms with Gasteiger partial charge in [-0.05, 0) is 36.3 Å². The zero-order valence-electron chi connectivity index (χ0n) is 17.8. The number of ether oxygens (including phenoxy) is 2. The summed E-state index contributed by atoms with van der Waals surface area (Å²) in [7, 11) is 0. The van der Waals surface area contributed by atoms with Gasteiger partial charge in [-0.25, -0.2) is 4.79 Å². The molecular weight excluding hydrogens is 550 g/mol. The quantitative estimate of drug-likeness (QED) is 0.501. The molecule has 1 atom stereocenters. The number of carbonyl (C=O) groups excluding carboxylic acids is 1. The van der Waals surface area contributed by atoms with Gasteiger partial charge >= 0.3 is 6.09 Å². The summed E-state index contributed by atoms with van der Waals surface area (Å²) in [4.78, 5) is 14.4. The van der Waals surface area contributed by atoms with Gasteiger partial charge in [0.25, 0.3) is 0 Å². The number of nitriles is 1. The first-order valence-electron chi connectivity index (χ1n) is 10.4. The maximum Gasteiger partial charge on any atom is 0.410 e. The number of hydrogen-bond donors (Lipinski definition) is 1. The minimum atomic E-state index is -0.464. The molecule has 1 amide bonds. The van der Waals surface area contributed by atoms with E-state index < -0.39 is 12.0 Å². The van der Waals surface area contributed by atoms with Crippen molar-refractivity contribution in [3.8, 4) is 6.07 Å². The van der Waals surface area contributed by atoms with Crippen molar-refractivity contribution in [2.24, 2.45) is 5.73 Å². The number of amides is 1. The van der Waals surface area contributed by atoms with E-state index in [4.69, 9.17) is 15.2 Å². The molecule has 2 aliphatic heterocycles. The summed E-state index contributed by atoms with van der Waals surface area (Å²) in [6, 6.07) is 17.7. The molecular formula is C25H21Br2N3O3. The first-order chi connectivity index (χ1) is 15.9. The van der Waals surface area contributed by atoms with Crippen LogP contribution in [0, 0.1) is 11.3 Å². The first kappa shape index (κ1) is 23.1. The normalized spacial score (nSPS) is 19.2. The highest BCUT2D eigenvalue weighted by Gasteiger charge is 2.39. The van der Waals surface area contributed by atoms with Crippen molar-refractivity contribution in [2.45, 2.75) is 12.8 Å². The highest BCUT2D eigenvalue weighted by molar-refractivity contribution is 9.10. The summed E-state index contributed by atoms with van der Waals surface area (Å²) in [5.74, 6) is 0.192. The van der Waals surface area contributed by atoms with E-state index in [1.807, 2.05) is 54.6 Å². The fourth-order valence-electron chi connectivity index (χ4n) is 4.06. The molecule has 0 radical (unpaired) electrons. The minimum absolute atomic E-state index is 0.0691. The minimum Gasteiger partial charge on any atom is -0.450 e. The van der Waals surface area contributed by atoms with Crippen molar-refractivity contribution < 1.29 is 14.3 Å². The molecule has 2 aromatic rings. The molecule has 8 heteroatoms. The fourth-order valence-corrected chi connectivity index (χ4v) is 4.97. The smallest absolute Gasteiger partial charge is 0.410 e. The van der Waals surface area contributed by atoms with Gasteiger partial charge in [-0.15, -0.1) is 0 Å². The van der Waals surface area contributed by atoms with E-state index in [1.54, 1.807) is 11.8 Å². The lowest BCUT2D eigenvalue weighted by atomic mass is 9.80. The number of benzene rings is 2. The summed E-state index contributed by atoms with van der Waals surface area (Å²) in [6.07, 6.45) is 1.54. The van der Waals surface area contributed by atoms with Crippen LogP contribution < -0.4 is 5.73 Å². The summed E-state index contributed by atoms with van der Waals surface area (Å²) in [6.45, 7) is 2.59. The highest BCUT2D eigenvalue weighted by Crippen LogP contribution is 2.45. The third kappa shape index (κ3) is 4.56. The summed E-state index contributed by atoms with van der Waals surface area (Å²) >= 11 is 7.19. The van der Waals surface area contributed by atoms with Crippen LogP contribution in [0.2, 0.25) is 0 Å². The Morgan fingerprint density at radius 1 is 1.21 bits per heavy atom. The number of carbonyl (C=O) groups is 1. The van der Waals surface area contributed by atoms with Gasteiger partial charge in [-0.1, -0.05) is 68.3 Å². The van der Waals surface area contributed by atoms with E-state index in [-0.39, 0.29) is 25.6 Å². The largest absolute Gasteiger partial charge is 0.450 e. The summed E-state index contributed by atoms with van der Waals surface area (Å²) in [5.41, 5.74) is 9.92. The monoisotopic (exact) mass is 569 g/mol. The van der Waals surface area contributed by atoms with Crippen LogP contribution >= 0.6 is 31.9 Å². The Hall–Kier alpha value is -3.02. The van der Waals surface area contributed by atoms with Gasteiger partial charge in [0.2, 0.25) is 5.88 Å². The van der Waals surface area contributed by atoms with Crippen LogP contribution in [-0.4, -0.2) is 30.7 Å². The SMILES string of the molecule is CCOC(=O)N1CC2=C(OC(N)=C(C#N)C2c2ccccc2Br)/C(=C/c2ccccc2Br)C1. The van der Waals surface area contributed by atoms with Gasteiger partial charge in [0.1, 0.15) is 17.4 Å². The van der Waals surface area contributed by atoms with Crippen molar-refractivity contribution in [3.63, 3.8) is 0 Å². The molecule has 4 rings (SSSR count). The Balaban J connectivity index is 1.92. The molecule has 2 aromatic carbocycles. The summed E-state index contributed by atoms with van der Waals surface area (Å²) < 4.78 is 13.1. The number of nitrogens with zero attached hydrogens (tertiary/aromatic N) is 2. The summed E-state index contributed by atoms with van der Waals surface area (Å²) in [5, 5.41) is 9.94. The number of allylic oxidation sites excluding steroid dienone is 1. The molecule has 6 nitrogen and oxygen atoms in total. The lowest BCUT2D eigenvalue weighted by Crippen LogP contribution is -2.41. The van der Waals surface area contributed by atoms with Crippen LogP contribution in [0.5, 0.6) is 0 Å². The number of rotatable bonds is 3. The molecule has 0 aliphatic carbocycles. The van der Waals surface area contributed by atoms with E-state index in [0.717, 1.165) is 31.2 Å². The van der Waals surface area contributed by atoms with Crippen LogP contribution in [0.1, 0.15) is 24.0 Å². The molecule has 1 unspecified atom stereocenters. The van der Waals surface area contributed by atoms with Gasteiger partial charge in [0.15, 0.2) is 0 Å². The molecule has 0 aromatic heterocycles. The average molecular weight is 571 g/mol. The van der Waals surface area contributed by atoms with Crippen molar-refractivity contribution in [1.29, 1.82) is 5.26 Å². The number of nitrogens with two attached hydrogens (primary N) is 1. The van der Waals surface area contributed by atoms with Crippen molar-refractivity contribution in [2.75, 3.05) is 19.7 Å². The number of halogens is 2. The van der Waals surface area contributed by atoms with Crippen LogP contribution in [0.15, 0.2) is 85.8 Å². The standard InChI is InChI=1S/C25H21Br2N3O3/c1-2-32-25(31)30-13-16(11-15-7-3-5-9-20(15)26)23-19(14-30)22(18(12-28)24(29)33-23)17-8-4-6-10-21(17)27/h3-11,22H,2,13-14,29H2,1H3/b16-11+. The molecule has 0 saturated carbocycles. The second-order valence-corrected chi connectivity index (χ2v) is 9.26. The zero-order chi connectivity index (χ0) is 23.5. The van der Waals surface area contributed by atoms with Crippen molar-refractivity contribution >= 4 is 44.0 Å². The second kappa shape index (κ2) is 9.86. The highest BCUT2D eigenvalue weighted by atomic mass is 79.9. The molecule has 168 valence electrons. The first-order valence-corrected chi connectivity index (χ1v) is 11.9. The Kier molecular flexibility index (Phi) is 6.91. The van der Waals surface area contributed by atoms with Gasteiger partial charge in [-0.3, -0.25) is 4.90 Å². The van der Waals surface area contributed by atoms with Crippen LogP contribution in [0.4, 0.5) is 4.79 Å². The van der Waals surface area contributed by atoms with E-state index in [0.29, 0.717) is 11.3 Å². The van der Waals surface area contributed by atoms with Crippen molar-refractivity contribution in [1.82, 2.24) is 4.90 Å². The Morgan fingerprint density at radius 3 is 2.58 bits per heavy atom. The predicted octanol–water partition coefficient (Wildman–Crippen LogP) is 5.83. The Morgan fingerprint density at radius 2 is 1.91 bits per heavy atom. The topological polar surface area (TPSA) is 88.6 Å². The van der Waals surface area contributed by atoms with Crippen LogP contribution in [0.3, 0.4) is 0 Å². The molecule has 0 fully saturated rings. The van der Waals surface area contributed by atoms with Crippen molar-refractivity contribution in [3.05, 3.63) is 97.0 Å². The van der Waals surface area contributed by atoms with E-state index in [1.165, 1.54) is 0 Å². The van der Waals surface area contributed by atoms with Crippen LogP contribution in [-0.2, 0) is 9.47 Å². The third-order valence-corrected chi connectivity index (χ3v) is 6.96. The maximum atomic E-state index is 12.8. The van der Waals surface area contributed by atoms with Gasteiger partial charge < -0.3 is 15.2 Å². The molecule has 2 aliphatic rings. The van der Waals surface area contributed by atoms with Crippen LogP contribution in [0.25, 0.3) is 6.08 Å². The average Bonchev–Trinajstić information content (AvgIpc) is 2.80. The molecule has 2 heterocycles. The van der Waals surface area contributed by atoms with Gasteiger partial charge in [0.05, 0.1) is 25.6 Å². The Labute approximate surface area is 209 Å². The van der Waals surface area contributed by atoms with Gasteiger partial charge in [-0.2, -0.15) is 5.26 Å². The second-order valence-electron chi connectivity index (χ2n) is 7.55. The maximum absolute atomic E-state index is 12.8. The molecule has 0 bridgehead atoms.